The Balaban J connectivity index is 1.74. The Morgan fingerprint density at radius 3 is 2.51 bits per heavy atom. The van der Waals surface area contributed by atoms with Crippen LogP contribution in [0.1, 0.15) is 54.9 Å². The monoisotopic (exact) mass is 599 g/mol. The molecule has 0 saturated heterocycles. The van der Waals surface area contributed by atoms with Gasteiger partial charge >= 0.3 is 5.69 Å². The summed E-state index contributed by atoms with van der Waals surface area (Å²) >= 11 is 6.43. The van der Waals surface area contributed by atoms with E-state index in [1.54, 1.807) is 24.3 Å². The van der Waals surface area contributed by atoms with E-state index in [1.807, 2.05) is 13.8 Å². The molecule has 0 saturated carbocycles. The largest absolute Gasteiger partial charge is 0.352 e. The number of carbonyl (C=O) groups is 1. The van der Waals surface area contributed by atoms with E-state index in [0.29, 0.717) is 29.9 Å². The van der Waals surface area contributed by atoms with Crippen molar-refractivity contribution in [2.45, 2.75) is 51.0 Å². The zero-order valence-electron chi connectivity index (χ0n) is 22.7. The van der Waals surface area contributed by atoms with Crippen LogP contribution >= 0.6 is 11.6 Å². The first kappa shape index (κ1) is 30.2. The molecule has 216 valence electrons. The highest BCUT2D eigenvalue weighted by Gasteiger charge is 2.20. The molecule has 0 spiro atoms. The summed E-state index contributed by atoms with van der Waals surface area (Å²) in [5, 5.41) is 12.9. The lowest BCUT2D eigenvalue weighted by Gasteiger charge is -2.11. The fourth-order valence-corrected chi connectivity index (χ4v) is 5.35. The van der Waals surface area contributed by atoms with Gasteiger partial charge < -0.3 is 5.32 Å². The Kier molecular flexibility index (Phi) is 9.42. The molecular formula is C29H31ClFN5O4S. The number of aryl methyl sites for hydroxylation is 1. The van der Waals surface area contributed by atoms with Crippen LogP contribution in [0.2, 0.25) is 5.02 Å². The van der Waals surface area contributed by atoms with E-state index in [9.17, 15) is 18.0 Å². The minimum absolute atomic E-state index is 0.116. The van der Waals surface area contributed by atoms with Crippen LogP contribution in [0.3, 0.4) is 0 Å². The molecule has 0 aliphatic carbocycles. The predicted molar refractivity (Wildman–Crippen MR) is 156 cm³/mol. The van der Waals surface area contributed by atoms with Gasteiger partial charge in [-0.3, -0.25) is 9.36 Å². The summed E-state index contributed by atoms with van der Waals surface area (Å²) < 4.78 is 42.0. The van der Waals surface area contributed by atoms with Crippen molar-refractivity contribution in [2.75, 3.05) is 6.54 Å². The number of sulfonamides is 1. The summed E-state index contributed by atoms with van der Waals surface area (Å²) in [7, 11) is -4.03. The third kappa shape index (κ3) is 6.75. The average molecular weight is 600 g/mol. The molecule has 1 heterocycles. The lowest BCUT2D eigenvalue weighted by molar-refractivity contribution is 0.0953. The van der Waals surface area contributed by atoms with E-state index in [4.69, 9.17) is 16.7 Å². The van der Waals surface area contributed by atoms with Gasteiger partial charge in [0.25, 0.3) is 5.91 Å². The minimum atomic E-state index is -4.03. The van der Waals surface area contributed by atoms with Crippen LogP contribution in [0.15, 0.2) is 70.4 Å². The lowest BCUT2D eigenvalue weighted by atomic mass is 10.0. The van der Waals surface area contributed by atoms with E-state index in [2.05, 4.69) is 10.4 Å². The Morgan fingerprint density at radius 1 is 1.07 bits per heavy atom. The van der Waals surface area contributed by atoms with Crippen molar-refractivity contribution in [1.29, 1.82) is 0 Å². The number of nitrogens with two attached hydrogens (primary N) is 1. The molecule has 41 heavy (non-hydrogen) atoms. The lowest BCUT2D eigenvalue weighted by Crippen LogP contribution is -2.27. The van der Waals surface area contributed by atoms with Gasteiger partial charge in [0, 0.05) is 29.7 Å². The Morgan fingerprint density at radius 2 is 1.83 bits per heavy atom. The highest BCUT2D eigenvalue weighted by atomic mass is 35.5. The Hall–Kier alpha value is -3.80. The second kappa shape index (κ2) is 12.8. The number of unbranched alkanes of at least 4 members (excludes halogenated alkanes) is 1. The first-order valence-electron chi connectivity index (χ1n) is 13.2. The number of hydrogen-bond acceptors (Lipinski definition) is 5. The molecule has 0 aliphatic rings. The SMILES string of the molecule is CCCCc1nn(-c2cc(C(=O)NCCC)ccc2Cl)c(=O)n1Cc1ccc(-c2ccccc2S(N)(=O)=O)cc1F. The molecule has 0 fully saturated rings. The van der Waals surface area contributed by atoms with Gasteiger partial charge in [0.2, 0.25) is 10.0 Å². The van der Waals surface area contributed by atoms with Gasteiger partial charge in [0.05, 0.1) is 22.2 Å². The van der Waals surface area contributed by atoms with Crippen molar-refractivity contribution in [1.82, 2.24) is 19.7 Å². The molecule has 1 aromatic heterocycles. The van der Waals surface area contributed by atoms with E-state index in [0.717, 1.165) is 23.9 Å². The summed E-state index contributed by atoms with van der Waals surface area (Å²) in [5.74, 6) is -0.480. The molecule has 0 unspecified atom stereocenters. The summed E-state index contributed by atoms with van der Waals surface area (Å²) in [5.41, 5.74) is 0.845. The number of nitrogens with zero attached hydrogens (tertiary/aromatic N) is 3. The van der Waals surface area contributed by atoms with E-state index in [1.165, 1.54) is 41.0 Å². The van der Waals surface area contributed by atoms with Crippen LogP contribution in [0.25, 0.3) is 16.8 Å². The number of carbonyl (C=O) groups excluding carboxylic acids is 1. The molecule has 4 rings (SSSR count). The van der Waals surface area contributed by atoms with Crippen LogP contribution in [0, 0.1) is 5.82 Å². The number of hydrogen-bond donors (Lipinski definition) is 2. The standard InChI is InChI=1S/C29H31ClFN5O4S/c1-3-5-10-27-34-36(25-17-20(13-14-23(25)30)28(37)33-15-4-2)29(38)35(27)18-21-12-11-19(16-24(21)31)22-8-6-7-9-26(22)41(32,39)40/h6-9,11-14,16-17H,3-5,10,15,18H2,1-2H3,(H,33,37)(H2,32,39,40). The third-order valence-corrected chi connectivity index (χ3v) is 7.84. The van der Waals surface area contributed by atoms with E-state index in [-0.39, 0.29) is 39.2 Å². The number of rotatable bonds is 11. The van der Waals surface area contributed by atoms with Gasteiger partial charge in [0.15, 0.2) is 0 Å². The van der Waals surface area contributed by atoms with Crippen molar-refractivity contribution >= 4 is 27.5 Å². The molecule has 9 nitrogen and oxygen atoms in total. The highest BCUT2D eigenvalue weighted by Crippen LogP contribution is 2.28. The van der Waals surface area contributed by atoms with Crippen LogP contribution in [-0.4, -0.2) is 35.2 Å². The molecule has 0 aliphatic heterocycles. The second-order valence-corrected chi connectivity index (χ2v) is 11.5. The van der Waals surface area contributed by atoms with Crippen LogP contribution in [-0.2, 0) is 23.0 Å². The van der Waals surface area contributed by atoms with E-state index < -0.39 is 21.5 Å². The van der Waals surface area contributed by atoms with Crippen molar-refractivity contribution in [3.8, 4) is 16.8 Å². The fraction of sp³-hybridized carbons (Fsp3) is 0.276. The minimum Gasteiger partial charge on any atom is -0.352 e. The van der Waals surface area contributed by atoms with E-state index >= 15 is 4.39 Å². The first-order valence-corrected chi connectivity index (χ1v) is 15.1. The van der Waals surface area contributed by atoms with Crippen LogP contribution < -0.4 is 16.1 Å². The smallest absolute Gasteiger partial charge is 0.351 e. The fourth-order valence-electron chi connectivity index (χ4n) is 4.40. The van der Waals surface area contributed by atoms with Gasteiger partial charge in [-0.2, -0.15) is 4.68 Å². The van der Waals surface area contributed by atoms with Crippen LogP contribution in [0.4, 0.5) is 4.39 Å². The summed E-state index contributed by atoms with van der Waals surface area (Å²) in [6.45, 7) is 4.34. The third-order valence-electron chi connectivity index (χ3n) is 6.55. The molecule has 3 N–H and O–H groups in total. The van der Waals surface area contributed by atoms with Crippen molar-refractivity contribution in [3.05, 3.63) is 98.9 Å². The van der Waals surface area contributed by atoms with Crippen LogP contribution in [0.5, 0.6) is 0 Å². The number of aromatic nitrogens is 3. The maximum Gasteiger partial charge on any atom is 0.351 e. The molecule has 1 amide bonds. The van der Waals surface area contributed by atoms with Gasteiger partial charge in [-0.25, -0.2) is 22.7 Å². The number of halogens is 2. The summed E-state index contributed by atoms with van der Waals surface area (Å²) in [6.07, 6.45) is 2.83. The molecule has 0 bridgehead atoms. The normalized spacial score (nSPS) is 11.5. The maximum atomic E-state index is 15.4. The zero-order valence-corrected chi connectivity index (χ0v) is 24.3. The molecule has 0 atom stereocenters. The number of benzene rings is 3. The first-order chi connectivity index (χ1) is 19.5. The summed E-state index contributed by atoms with van der Waals surface area (Å²) in [6, 6.07) is 15.0. The number of amides is 1. The molecule has 4 aromatic rings. The Bertz CT molecular complexity index is 1750. The summed E-state index contributed by atoms with van der Waals surface area (Å²) in [4.78, 5) is 26.0. The van der Waals surface area contributed by atoms with Crippen molar-refractivity contribution in [3.63, 3.8) is 0 Å². The predicted octanol–water partition coefficient (Wildman–Crippen LogP) is 4.67. The van der Waals surface area contributed by atoms with Crippen molar-refractivity contribution in [2.24, 2.45) is 5.14 Å². The number of nitrogens with one attached hydrogen (secondary N) is 1. The zero-order chi connectivity index (χ0) is 29.7. The van der Waals surface area contributed by atoms with Gasteiger partial charge in [-0.1, -0.05) is 62.2 Å². The maximum absolute atomic E-state index is 15.4. The Labute approximate surface area is 242 Å². The topological polar surface area (TPSA) is 129 Å². The average Bonchev–Trinajstić information content (AvgIpc) is 3.25. The van der Waals surface area contributed by atoms with Crippen molar-refractivity contribution < 1.29 is 17.6 Å². The molecule has 0 radical (unpaired) electrons. The van der Waals surface area contributed by atoms with Gasteiger partial charge in [0.1, 0.15) is 11.6 Å². The quantitative estimate of drug-likeness (QED) is 0.259. The second-order valence-electron chi connectivity index (χ2n) is 9.57. The van der Waals surface area contributed by atoms with Gasteiger partial charge in [-0.05, 0) is 48.7 Å². The van der Waals surface area contributed by atoms with Gasteiger partial charge in [-0.15, -0.1) is 5.10 Å². The molecule has 12 heteroatoms. The molecular weight excluding hydrogens is 569 g/mol. The number of primary sulfonamides is 1. The molecule has 3 aromatic carbocycles. The highest BCUT2D eigenvalue weighted by molar-refractivity contribution is 7.89.